The molecule has 8 heteroatoms. The lowest BCUT2D eigenvalue weighted by Gasteiger charge is -2.33. The van der Waals surface area contributed by atoms with E-state index in [4.69, 9.17) is 11.6 Å². The summed E-state index contributed by atoms with van der Waals surface area (Å²) in [6, 6.07) is 1.96. The molecule has 5 rings (SSSR count). The summed E-state index contributed by atoms with van der Waals surface area (Å²) in [4.78, 5) is 13.1. The van der Waals surface area contributed by atoms with E-state index in [1.165, 1.54) is 6.42 Å². The van der Waals surface area contributed by atoms with Gasteiger partial charge >= 0.3 is 0 Å². The standard InChI is InChI=1S/C21H22N8/c1-22-15-21(6-4-3-5-7-21)29-14-17(12-25-29)20-26-18(16-11-24-27(2)13-16)10-19-23-8-9-28(19)20/h8-14H,3-7,15H2,2H3. The Morgan fingerprint density at radius 2 is 1.93 bits per heavy atom. The van der Waals surface area contributed by atoms with Gasteiger partial charge in [-0.05, 0) is 12.8 Å². The van der Waals surface area contributed by atoms with Crippen LogP contribution in [-0.2, 0) is 12.6 Å². The van der Waals surface area contributed by atoms with Crippen LogP contribution in [-0.4, -0.2) is 40.5 Å². The van der Waals surface area contributed by atoms with Crippen LogP contribution in [0, 0.1) is 6.57 Å². The molecule has 4 aromatic rings. The molecule has 0 saturated heterocycles. The number of fused-ring (bicyclic) bond motifs is 1. The quantitative estimate of drug-likeness (QED) is 0.503. The first-order valence-corrected chi connectivity index (χ1v) is 9.90. The van der Waals surface area contributed by atoms with Gasteiger partial charge in [-0.1, -0.05) is 19.3 Å². The second-order valence-electron chi connectivity index (χ2n) is 7.80. The number of rotatable bonds is 4. The topological polar surface area (TPSA) is 70.2 Å². The predicted octanol–water partition coefficient (Wildman–Crippen LogP) is 3.57. The highest BCUT2D eigenvalue weighted by atomic mass is 15.3. The van der Waals surface area contributed by atoms with Gasteiger partial charge in [0, 0.05) is 43.5 Å². The van der Waals surface area contributed by atoms with E-state index in [1.807, 2.05) is 53.2 Å². The number of aromatic nitrogens is 7. The zero-order chi connectivity index (χ0) is 19.8. The molecule has 0 radical (unpaired) electrons. The van der Waals surface area contributed by atoms with Gasteiger partial charge < -0.3 is 4.85 Å². The van der Waals surface area contributed by atoms with Gasteiger partial charge in [-0.25, -0.2) is 16.5 Å². The van der Waals surface area contributed by atoms with Gasteiger partial charge in [0.15, 0.2) is 0 Å². The third kappa shape index (κ3) is 2.99. The lowest BCUT2D eigenvalue weighted by molar-refractivity contribution is 0.193. The van der Waals surface area contributed by atoms with Crippen LogP contribution in [0.25, 0.3) is 33.1 Å². The monoisotopic (exact) mass is 386 g/mol. The van der Waals surface area contributed by atoms with Crippen molar-refractivity contribution in [3.8, 4) is 22.6 Å². The number of aryl methyl sites for hydroxylation is 1. The van der Waals surface area contributed by atoms with Crippen LogP contribution in [0.3, 0.4) is 0 Å². The largest absolute Gasteiger partial charge is 0.314 e. The van der Waals surface area contributed by atoms with Gasteiger partial charge in [-0.3, -0.25) is 13.8 Å². The van der Waals surface area contributed by atoms with E-state index in [-0.39, 0.29) is 5.54 Å². The third-order valence-corrected chi connectivity index (χ3v) is 5.87. The number of nitrogens with zero attached hydrogens (tertiary/aromatic N) is 8. The van der Waals surface area contributed by atoms with Gasteiger partial charge in [-0.2, -0.15) is 10.2 Å². The molecule has 0 bridgehead atoms. The van der Waals surface area contributed by atoms with E-state index in [9.17, 15) is 0 Å². The first-order valence-electron chi connectivity index (χ1n) is 9.90. The molecule has 0 aliphatic heterocycles. The van der Waals surface area contributed by atoms with E-state index in [0.717, 1.165) is 54.0 Å². The Kier molecular flexibility index (Phi) is 4.16. The fourth-order valence-corrected chi connectivity index (χ4v) is 4.34. The third-order valence-electron chi connectivity index (χ3n) is 5.87. The van der Waals surface area contributed by atoms with Gasteiger partial charge in [0.1, 0.15) is 17.0 Å². The fraction of sp³-hybridized carbons (Fsp3) is 0.381. The van der Waals surface area contributed by atoms with E-state index in [1.54, 1.807) is 10.9 Å². The summed E-state index contributed by atoms with van der Waals surface area (Å²) < 4.78 is 5.76. The first-order chi connectivity index (χ1) is 14.2. The smallest absolute Gasteiger partial charge is 0.239 e. The molecule has 0 unspecified atom stereocenters. The van der Waals surface area contributed by atoms with E-state index < -0.39 is 0 Å². The Morgan fingerprint density at radius 3 is 2.69 bits per heavy atom. The van der Waals surface area contributed by atoms with Gasteiger partial charge in [0.25, 0.3) is 0 Å². The molecule has 1 fully saturated rings. The van der Waals surface area contributed by atoms with Crippen LogP contribution in [0.1, 0.15) is 32.1 Å². The van der Waals surface area contributed by atoms with Crippen LogP contribution >= 0.6 is 0 Å². The molecule has 0 atom stereocenters. The summed E-state index contributed by atoms with van der Waals surface area (Å²) in [5.41, 5.74) is 3.33. The summed E-state index contributed by atoms with van der Waals surface area (Å²) in [6.07, 6.45) is 16.9. The number of hydrogen-bond donors (Lipinski definition) is 0. The van der Waals surface area contributed by atoms with Crippen molar-refractivity contribution in [3.63, 3.8) is 0 Å². The van der Waals surface area contributed by atoms with E-state index in [0.29, 0.717) is 6.54 Å². The zero-order valence-corrected chi connectivity index (χ0v) is 16.4. The second kappa shape index (κ2) is 6.85. The van der Waals surface area contributed by atoms with Crippen molar-refractivity contribution in [1.82, 2.24) is 33.9 Å². The van der Waals surface area contributed by atoms with Crippen molar-refractivity contribution in [2.24, 2.45) is 7.05 Å². The molecule has 0 aromatic carbocycles. The summed E-state index contributed by atoms with van der Waals surface area (Å²) in [5, 5.41) is 8.95. The molecular formula is C21H22N8. The van der Waals surface area contributed by atoms with E-state index >= 15 is 0 Å². The molecule has 0 N–H and O–H groups in total. The molecule has 0 spiro atoms. The maximum absolute atomic E-state index is 7.45. The normalized spacial score (nSPS) is 16.1. The Morgan fingerprint density at radius 1 is 1.10 bits per heavy atom. The van der Waals surface area contributed by atoms with Crippen molar-refractivity contribution < 1.29 is 0 Å². The van der Waals surface area contributed by atoms with Crippen molar-refractivity contribution in [1.29, 1.82) is 0 Å². The predicted molar refractivity (Wildman–Crippen MR) is 109 cm³/mol. The Bertz CT molecular complexity index is 1200. The molecule has 4 aromatic heterocycles. The highest BCUT2D eigenvalue weighted by Gasteiger charge is 2.38. The number of imidazole rings is 1. The lowest BCUT2D eigenvalue weighted by Crippen LogP contribution is -2.38. The SMILES string of the molecule is [C-]#[N+]CC1(n2cc(-c3nc(-c4cnn(C)c4)cc4nccn34)cn2)CCCCC1. The summed E-state index contributed by atoms with van der Waals surface area (Å²) in [5.74, 6) is 0.791. The average Bonchev–Trinajstić information content (AvgIpc) is 3.48. The van der Waals surface area contributed by atoms with Crippen molar-refractivity contribution >= 4 is 5.65 Å². The summed E-state index contributed by atoms with van der Waals surface area (Å²) >= 11 is 0. The minimum atomic E-state index is -0.201. The van der Waals surface area contributed by atoms with Crippen molar-refractivity contribution in [2.45, 2.75) is 37.6 Å². The molecule has 1 saturated carbocycles. The summed E-state index contributed by atoms with van der Waals surface area (Å²) in [7, 11) is 1.89. The Labute approximate surface area is 168 Å². The maximum Gasteiger partial charge on any atom is 0.239 e. The zero-order valence-electron chi connectivity index (χ0n) is 16.4. The van der Waals surface area contributed by atoms with Crippen LogP contribution in [0.5, 0.6) is 0 Å². The van der Waals surface area contributed by atoms with Gasteiger partial charge in [0.05, 0.1) is 23.7 Å². The molecule has 29 heavy (non-hydrogen) atoms. The van der Waals surface area contributed by atoms with Crippen molar-refractivity contribution in [2.75, 3.05) is 6.54 Å². The van der Waals surface area contributed by atoms with Crippen LogP contribution in [0.15, 0.2) is 43.2 Å². The number of hydrogen-bond acceptors (Lipinski definition) is 4. The van der Waals surface area contributed by atoms with Gasteiger partial charge in [-0.15, -0.1) is 0 Å². The highest BCUT2D eigenvalue weighted by Crippen LogP contribution is 2.36. The maximum atomic E-state index is 7.45. The molecule has 146 valence electrons. The molecule has 4 heterocycles. The minimum Gasteiger partial charge on any atom is -0.314 e. The minimum absolute atomic E-state index is 0.201. The van der Waals surface area contributed by atoms with Gasteiger partial charge in [0.2, 0.25) is 6.54 Å². The van der Waals surface area contributed by atoms with E-state index in [2.05, 4.69) is 20.0 Å². The molecule has 0 amide bonds. The Balaban J connectivity index is 1.61. The molecular weight excluding hydrogens is 364 g/mol. The fourth-order valence-electron chi connectivity index (χ4n) is 4.34. The average molecular weight is 386 g/mol. The molecule has 1 aliphatic rings. The lowest BCUT2D eigenvalue weighted by atomic mass is 9.82. The second-order valence-corrected chi connectivity index (χ2v) is 7.80. The molecule has 1 aliphatic carbocycles. The highest BCUT2D eigenvalue weighted by molar-refractivity contribution is 5.68. The van der Waals surface area contributed by atoms with Crippen LogP contribution < -0.4 is 0 Å². The Hall–Kier alpha value is -3.47. The van der Waals surface area contributed by atoms with Crippen LogP contribution in [0.2, 0.25) is 0 Å². The summed E-state index contributed by atoms with van der Waals surface area (Å²) in [6.45, 7) is 7.92. The molecule has 8 nitrogen and oxygen atoms in total. The van der Waals surface area contributed by atoms with Crippen molar-refractivity contribution in [3.05, 3.63) is 54.7 Å². The van der Waals surface area contributed by atoms with Crippen LogP contribution in [0.4, 0.5) is 0 Å². The first kappa shape index (κ1) is 17.6.